The van der Waals surface area contributed by atoms with Crippen LogP contribution in [0.1, 0.15) is 10.4 Å². The summed E-state index contributed by atoms with van der Waals surface area (Å²) in [5.41, 5.74) is 0.259. The van der Waals surface area contributed by atoms with Crippen molar-refractivity contribution in [3.63, 3.8) is 0 Å². The molecule has 2 aromatic rings. The molecule has 0 aliphatic heterocycles. The third-order valence-corrected chi connectivity index (χ3v) is 3.06. The number of nitrogens with one attached hydrogen (secondary N) is 2. The molecular weight excluding hydrogens is 336 g/mol. The van der Waals surface area contributed by atoms with Crippen LogP contribution < -0.4 is 15.4 Å². The van der Waals surface area contributed by atoms with Crippen molar-refractivity contribution in [1.82, 2.24) is 10.6 Å². The fourth-order valence-corrected chi connectivity index (χ4v) is 1.87. The molecule has 0 saturated heterocycles. The molecule has 0 spiro atoms. The first-order valence-electron chi connectivity index (χ1n) is 7.77. The average molecular weight is 354 g/mol. The SMILES string of the molecule is C=CCNC(=O)NC(=O)COC(=O)c1ccc(Oc2ccccc2)cc1. The van der Waals surface area contributed by atoms with Crippen molar-refractivity contribution in [3.8, 4) is 11.5 Å². The molecule has 0 bridgehead atoms. The van der Waals surface area contributed by atoms with Gasteiger partial charge in [0.05, 0.1) is 5.56 Å². The molecule has 0 fully saturated rings. The highest BCUT2D eigenvalue weighted by Crippen LogP contribution is 2.21. The Morgan fingerprint density at radius 2 is 1.62 bits per heavy atom. The van der Waals surface area contributed by atoms with Gasteiger partial charge in [0.15, 0.2) is 6.61 Å². The lowest BCUT2D eigenvalue weighted by molar-refractivity contribution is -0.123. The van der Waals surface area contributed by atoms with Crippen LogP contribution in [0.25, 0.3) is 0 Å². The Kier molecular flexibility index (Phi) is 6.93. The number of hydrogen-bond donors (Lipinski definition) is 2. The van der Waals surface area contributed by atoms with E-state index in [0.29, 0.717) is 11.5 Å². The van der Waals surface area contributed by atoms with Crippen LogP contribution in [0.5, 0.6) is 11.5 Å². The molecule has 2 aromatic carbocycles. The predicted molar refractivity (Wildman–Crippen MR) is 95.0 cm³/mol. The summed E-state index contributed by atoms with van der Waals surface area (Å²) in [6.07, 6.45) is 1.47. The first kappa shape index (κ1) is 18.7. The van der Waals surface area contributed by atoms with E-state index in [2.05, 4.69) is 11.9 Å². The van der Waals surface area contributed by atoms with Crippen LogP contribution >= 0.6 is 0 Å². The van der Waals surface area contributed by atoms with E-state index in [1.165, 1.54) is 18.2 Å². The van der Waals surface area contributed by atoms with Crippen molar-refractivity contribution in [1.29, 1.82) is 0 Å². The highest BCUT2D eigenvalue weighted by Gasteiger charge is 2.12. The first-order valence-corrected chi connectivity index (χ1v) is 7.77. The van der Waals surface area contributed by atoms with Gasteiger partial charge < -0.3 is 14.8 Å². The molecule has 0 radical (unpaired) electrons. The number of esters is 1. The maximum atomic E-state index is 11.9. The molecule has 0 aliphatic rings. The van der Waals surface area contributed by atoms with Gasteiger partial charge in [-0.15, -0.1) is 6.58 Å². The summed E-state index contributed by atoms with van der Waals surface area (Å²) in [5.74, 6) is -0.180. The standard InChI is InChI=1S/C19H18N2O5/c1-2-12-20-19(24)21-17(22)13-25-18(23)14-8-10-16(11-9-14)26-15-6-4-3-5-7-15/h2-11H,1,12-13H2,(H2,20,21,22,24). The van der Waals surface area contributed by atoms with E-state index in [4.69, 9.17) is 9.47 Å². The van der Waals surface area contributed by atoms with E-state index in [9.17, 15) is 14.4 Å². The molecule has 134 valence electrons. The molecule has 0 aliphatic carbocycles. The lowest BCUT2D eigenvalue weighted by Gasteiger charge is -2.08. The van der Waals surface area contributed by atoms with Crippen LogP contribution in [-0.4, -0.2) is 31.1 Å². The van der Waals surface area contributed by atoms with Gasteiger partial charge in [-0.3, -0.25) is 10.1 Å². The summed E-state index contributed by atoms with van der Waals surface area (Å²) >= 11 is 0. The number of para-hydroxylation sites is 1. The number of urea groups is 1. The second kappa shape index (κ2) is 9.63. The lowest BCUT2D eigenvalue weighted by Crippen LogP contribution is -2.41. The Morgan fingerprint density at radius 3 is 2.27 bits per heavy atom. The summed E-state index contributed by atoms with van der Waals surface area (Å²) in [4.78, 5) is 34.7. The van der Waals surface area contributed by atoms with E-state index in [1.54, 1.807) is 12.1 Å². The molecule has 0 aromatic heterocycles. The van der Waals surface area contributed by atoms with Crippen molar-refractivity contribution in [3.05, 3.63) is 72.8 Å². The third-order valence-electron chi connectivity index (χ3n) is 3.06. The van der Waals surface area contributed by atoms with Gasteiger partial charge in [0.2, 0.25) is 0 Å². The third kappa shape index (κ3) is 6.12. The van der Waals surface area contributed by atoms with Crippen LogP contribution in [0.15, 0.2) is 67.3 Å². The number of benzene rings is 2. The van der Waals surface area contributed by atoms with Crippen LogP contribution in [0.2, 0.25) is 0 Å². The molecule has 7 nitrogen and oxygen atoms in total. The van der Waals surface area contributed by atoms with Gasteiger partial charge in [0, 0.05) is 6.54 Å². The fraction of sp³-hybridized carbons (Fsp3) is 0.105. The second-order valence-corrected chi connectivity index (χ2v) is 5.06. The zero-order valence-electron chi connectivity index (χ0n) is 13.9. The quantitative estimate of drug-likeness (QED) is 0.589. The maximum Gasteiger partial charge on any atom is 0.338 e. The molecular formula is C19H18N2O5. The summed E-state index contributed by atoms with van der Waals surface area (Å²) in [5, 5.41) is 4.39. The predicted octanol–water partition coefficient (Wildman–Crippen LogP) is 2.65. The number of carbonyl (C=O) groups is 3. The van der Waals surface area contributed by atoms with Crippen LogP contribution in [0.4, 0.5) is 4.79 Å². The maximum absolute atomic E-state index is 11.9. The van der Waals surface area contributed by atoms with Gasteiger partial charge in [0.25, 0.3) is 5.91 Å². The smallest absolute Gasteiger partial charge is 0.338 e. The van der Waals surface area contributed by atoms with E-state index in [1.807, 2.05) is 35.6 Å². The highest BCUT2D eigenvalue weighted by atomic mass is 16.5. The minimum absolute atomic E-state index is 0.219. The van der Waals surface area contributed by atoms with Gasteiger partial charge in [0.1, 0.15) is 11.5 Å². The largest absolute Gasteiger partial charge is 0.457 e. The molecule has 0 unspecified atom stereocenters. The normalized spacial score (nSPS) is 9.69. The van der Waals surface area contributed by atoms with Crippen LogP contribution in [0, 0.1) is 0 Å². The highest BCUT2D eigenvalue weighted by molar-refractivity contribution is 5.97. The number of imide groups is 1. The molecule has 2 rings (SSSR count). The topological polar surface area (TPSA) is 93.7 Å². The number of ether oxygens (including phenoxy) is 2. The first-order chi connectivity index (χ1) is 12.6. The van der Waals surface area contributed by atoms with E-state index < -0.39 is 24.5 Å². The van der Waals surface area contributed by atoms with Crippen molar-refractivity contribution < 1.29 is 23.9 Å². The zero-order valence-corrected chi connectivity index (χ0v) is 13.9. The molecule has 2 N–H and O–H groups in total. The Labute approximate surface area is 150 Å². The summed E-state index contributed by atoms with van der Waals surface area (Å²) in [6, 6.07) is 14.8. The average Bonchev–Trinajstić information content (AvgIpc) is 2.66. The Hall–Kier alpha value is -3.61. The van der Waals surface area contributed by atoms with Gasteiger partial charge >= 0.3 is 12.0 Å². The van der Waals surface area contributed by atoms with Gasteiger partial charge in [-0.05, 0) is 36.4 Å². The molecule has 26 heavy (non-hydrogen) atoms. The molecule has 0 saturated carbocycles. The Balaban J connectivity index is 1.81. The number of carbonyl (C=O) groups excluding carboxylic acids is 3. The van der Waals surface area contributed by atoms with Crippen LogP contribution in [-0.2, 0) is 9.53 Å². The van der Waals surface area contributed by atoms with Crippen molar-refractivity contribution in [2.45, 2.75) is 0 Å². The number of amides is 3. The van der Waals surface area contributed by atoms with Gasteiger partial charge in [-0.1, -0.05) is 24.3 Å². The number of rotatable bonds is 7. The van der Waals surface area contributed by atoms with Crippen molar-refractivity contribution in [2.75, 3.05) is 13.2 Å². The summed E-state index contributed by atoms with van der Waals surface area (Å²) < 4.78 is 10.5. The van der Waals surface area contributed by atoms with E-state index in [-0.39, 0.29) is 12.1 Å². The van der Waals surface area contributed by atoms with Crippen LogP contribution in [0.3, 0.4) is 0 Å². The lowest BCUT2D eigenvalue weighted by atomic mass is 10.2. The fourth-order valence-electron chi connectivity index (χ4n) is 1.87. The Morgan fingerprint density at radius 1 is 0.962 bits per heavy atom. The van der Waals surface area contributed by atoms with Crippen molar-refractivity contribution in [2.24, 2.45) is 0 Å². The molecule has 3 amide bonds. The molecule has 0 atom stereocenters. The summed E-state index contributed by atoms with van der Waals surface area (Å²) in [7, 11) is 0. The summed E-state index contributed by atoms with van der Waals surface area (Å²) in [6.45, 7) is 3.08. The molecule has 0 heterocycles. The molecule has 7 heteroatoms. The monoisotopic (exact) mass is 354 g/mol. The Bertz CT molecular complexity index is 772. The van der Waals surface area contributed by atoms with E-state index >= 15 is 0 Å². The van der Waals surface area contributed by atoms with E-state index in [0.717, 1.165) is 0 Å². The number of hydrogen-bond acceptors (Lipinski definition) is 5. The van der Waals surface area contributed by atoms with Crippen molar-refractivity contribution >= 4 is 17.9 Å². The minimum atomic E-state index is -0.732. The van der Waals surface area contributed by atoms with Gasteiger partial charge in [-0.2, -0.15) is 0 Å². The second-order valence-electron chi connectivity index (χ2n) is 5.06. The minimum Gasteiger partial charge on any atom is -0.457 e. The van der Waals surface area contributed by atoms with Gasteiger partial charge in [-0.25, -0.2) is 9.59 Å². The zero-order chi connectivity index (χ0) is 18.8.